The third-order valence-electron chi connectivity index (χ3n) is 1.36. The first kappa shape index (κ1) is 13.7. The SMILES string of the molecule is ClCCl.O=C(O)c1cccc(C(=O)O)c1. The Morgan fingerprint density at radius 2 is 1.40 bits per heavy atom. The van der Waals surface area contributed by atoms with E-state index in [1.165, 1.54) is 18.2 Å². The molecule has 82 valence electrons. The highest BCUT2D eigenvalue weighted by Gasteiger charge is 2.06. The lowest BCUT2D eigenvalue weighted by atomic mass is 10.1. The predicted molar refractivity (Wildman–Crippen MR) is 56.9 cm³/mol. The van der Waals surface area contributed by atoms with E-state index in [0.29, 0.717) is 0 Å². The second-order valence-corrected chi connectivity index (χ2v) is 3.10. The number of alkyl halides is 2. The number of carboxylic acids is 2. The zero-order chi connectivity index (χ0) is 11.8. The minimum atomic E-state index is -1.13. The molecule has 0 amide bonds. The third kappa shape index (κ3) is 5.24. The fraction of sp³-hybridized carbons (Fsp3) is 0.111. The van der Waals surface area contributed by atoms with Gasteiger partial charge >= 0.3 is 11.9 Å². The van der Waals surface area contributed by atoms with Crippen molar-refractivity contribution in [2.75, 3.05) is 5.34 Å². The molecule has 0 aliphatic rings. The summed E-state index contributed by atoms with van der Waals surface area (Å²) in [4.78, 5) is 20.8. The lowest BCUT2D eigenvalue weighted by Gasteiger charge is -1.95. The molecule has 0 fully saturated rings. The molecule has 0 saturated heterocycles. The van der Waals surface area contributed by atoms with Crippen molar-refractivity contribution in [3.8, 4) is 0 Å². The summed E-state index contributed by atoms with van der Waals surface area (Å²) in [5, 5.41) is 17.2. The lowest BCUT2D eigenvalue weighted by molar-refractivity contribution is 0.0696. The zero-order valence-corrected chi connectivity index (χ0v) is 9.00. The van der Waals surface area contributed by atoms with Crippen molar-refractivity contribution in [3.05, 3.63) is 35.4 Å². The molecule has 0 bridgehead atoms. The summed E-state index contributed by atoms with van der Waals surface area (Å²) in [7, 11) is 0. The number of benzene rings is 1. The Labute approximate surface area is 96.1 Å². The Morgan fingerprint density at radius 3 is 1.67 bits per heavy atom. The normalized spacial score (nSPS) is 8.67. The van der Waals surface area contributed by atoms with Gasteiger partial charge in [0.15, 0.2) is 0 Å². The second kappa shape index (κ2) is 7.09. The Kier molecular flexibility index (Phi) is 6.49. The van der Waals surface area contributed by atoms with Crippen LogP contribution in [0.2, 0.25) is 0 Å². The van der Waals surface area contributed by atoms with Crippen LogP contribution in [0.15, 0.2) is 24.3 Å². The Morgan fingerprint density at radius 1 is 1.07 bits per heavy atom. The van der Waals surface area contributed by atoms with Gasteiger partial charge in [0.2, 0.25) is 0 Å². The summed E-state index contributed by atoms with van der Waals surface area (Å²) in [6, 6.07) is 5.20. The van der Waals surface area contributed by atoms with E-state index < -0.39 is 11.9 Å². The zero-order valence-electron chi connectivity index (χ0n) is 7.48. The van der Waals surface area contributed by atoms with E-state index in [1.807, 2.05) is 0 Å². The van der Waals surface area contributed by atoms with Crippen LogP contribution in [-0.2, 0) is 0 Å². The molecule has 1 aromatic carbocycles. The summed E-state index contributed by atoms with van der Waals surface area (Å²) in [5.74, 6) is -2.25. The van der Waals surface area contributed by atoms with Gasteiger partial charge in [-0.1, -0.05) is 6.07 Å². The van der Waals surface area contributed by atoms with Crippen molar-refractivity contribution >= 4 is 35.1 Å². The van der Waals surface area contributed by atoms with Crippen LogP contribution in [0.5, 0.6) is 0 Å². The molecule has 4 nitrogen and oxygen atoms in total. The maximum Gasteiger partial charge on any atom is 0.335 e. The number of hydrogen-bond donors (Lipinski definition) is 2. The van der Waals surface area contributed by atoms with E-state index in [9.17, 15) is 9.59 Å². The molecule has 2 N–H and O–H groups in total. The largest absolute Gasteiger partial charge is 0.478 e. The highest BCUT2D eigenvalue weighted by atomic mass is 35.5. The molecule has 0 aliphatic heterocycles. The van der Waals surface area contributed by atoms with Gasteiger partial charge in [-0.05, 0) is 18.2 Å². The Hall–Kier alpha value is -1.26. The average molecular weight is 251 g/mol. The molecule has 15 heavy (non-hydrogen) atoms. The van der Waals surface area contributed by atoms with Gasteiger partial charge in [-0.15, -0.1) is 23.2 Å². The van der Waals surface area contributed by atoms with Crippen molar-refractivity contribution in [1.82, 2.24) is 0 Å². The maximum atomic E-state index is 10.4. The minimum Gasteiger partial charge on any atom is -0.478 e. The van der Waals surface area contributed by atoms with Crippen LogP contribution < -0.4 is 0 Å². The van der Waals surface area contributed by atoms with Crippen LogP contribution in [0.25, 0.3) is 0 Å². The number of carbonyl (C=O) groups is 2. The van der Waals surface area contributed by atoms with Crippen LogP contribution in [-0.4, -0.2) is 27.5 Å². The van der Waals surface area contributed by atoms with Gasteiger partial charge in [-0.3, -0.25) is 0 Å². The van der Waals surface area contributed by atoms with Gasteiger partial charge in [-0.25, -0.2) is 9.59 Å². The average Bonchev–Trinajstić information content (AvgIpc) is 2.19. The highest BCUT2D eigenvalue weighted by Crippen LogP contribution is 2.04. The predicted octanol–water partition coefficient (Wildman–Crippen LogP) is 2.50. The fourth-order valence-corrected chi connectivity index (χ4v) is 0.785. The van der Waals surface area contributed by atoms with Crippen LogP contribution in [0, 0.1) is 0 Å². The van der Waals surface area contributed by atoms with E-state index in [4.69, 9.17) is 33.4 Å². The molecular formula is C9H8Cl2O4. The fourth-order valence-electron chi connectivity index (χ4n) is 0.785. The van der Waals surface area contributed by atoms with Crippen molar-refractivity contribution < 1.29 is 19.8 Å². The van der Waals surface area contributed by atoms with Gasteiger partial charge < -0.3 is 10.2 Å². The molecule has 0 unspecified atom stereocenters. The van der Waals surface area contributed by atoms with Crippen LogP contribution in [0.4, 0.5) is 0 Å². The Balaban J connectivity index is 0.000000583. The van der Waals surface area contributed by atoms with Crippen LogP contribution in [0.1, 0.15) is 20.7 Å². The molecule has 0 heterocycles. The van der Waals surface area contributed by atoms with Gasteiger partial charge in [0.25, 0.3) is 0 Å². The van der Waals surface area contributed by atoms with Gasteiger partial charge in [-0.2, -0.15) is 0 Å². The summed E-state index contributed by atoms with van der Waals surface area (Å²) in [6.45, 7) is 0. The molecule has 0 aliphatic carbocycles. The van der Waals surface area contributed by atoms with Gasteiger partial charge in [0.1, 0.15) is 0 Å². The standard InChI is InChI=1S/C8H6O4.CH2Cl2/c9-7(10)5-2-1-3-6(4-5)8(11)12;2-1-3/h1-4H,(H,9,10)(H,11,12);1H2. The second-order valence-electron chi connectivity index (χ2n) is 2.29. The Bertz CT molecular complexity index is 322. The minimum absolute atomic E-state index is 0.0186. The third-order valence-corrected chi connectivity index (χ3v) is 1.36. The maximum absolute atomic E-state index is 10.4. The molecule has 6 heteroatoms. The van der Waals surface area contributed by atoms with E-state index in [-0.39, 0.29) is 16.5 Å². The van der Waals surface area contributed by atoms with Gasteiger partial charge in [0.05, 0.1) is 16.5 Å². The van der Waals surface area contributed by atoms with Gasteiger partial charge in [0, 0.05) is 0 Å². The van der Waals surface area contributed by atoms with Crippen molar-refractivity contribution in [2.45, 2.75) is 0 Å². The highest BCUT2D eigenvalue weighted by molar-refractivity contribution is 6.40. The topological polar surface area (TPSA) is 74.6 Å². The first-order valence-corrected chi connectivity index (χ1v) is 4.78. The van der Waals surface area contributed by atoms with E-state index in [1.54, 1.807) is 0 Å². The van der Waals surface area contributed by atoms with E-state index >= 15 is 0 Å². The summed E-state index contributed by atoms with van der Waals surface area (Å²) < 4.78 is 0. The lowest BCUT2D eigenvalue weighted by Crippen LogP contribution is -2.01. The number of rotatable bonds is 2. The summed E-state index contributed by atoms with van der Waals surface area (Å²) in [6.07, 6.45) is 0. The quantitative estimate of drug-likeness (QED) is 0.792. The van der Waals surface area contributed by atoms with E-state index in [2.05, 4.69) is 0 Å². The summed E-state index contributed by atoms with van der Waals surface area (Å²) in [5.41, 5.74) is -0.0372. The molecule has 0 spiro atoms. The number of hydrogen-bond acceptors (Lipinski definition) is 2. The molecule has 0 saturated carbocycles. The molecule has 1 aromatic rings. The van der Waals surface area contributed by atoms with Crippen LogP contribution >= 0.6 is 23.2 Å². The van der Waals surface area contributed by atoms with E-state index in [0.717, 1.165) is 6.07 Å². The van der Waals surface area contributed by atoms with Crippen LogP contribution in [0.3, 0.4) is 0 Å². The number of carboxylic acid groups (broad SMARTS) is 2. The van der Waals surface area contributed by atoms with Crippen molar-refractivity contribution in [2.24, 2.45) is 0 Å². The smallest absolute Gasteiger partial charge is 0.335 e. The van der Waals surface area contributed by atoms with Crippen molar-refractivity contribution in [3.63, 3.8) is 0 Å². The first-order chi connectivity index (χ1) is 7.02. The molecule has 0 aromatic heterocycles. The molecule has 0 radical (unpaired) electrons. The molecule has 1 rings (SSSR count). The molecular weight excluding hydrogens is 243 g/mol. The monoisotopic (exact) mass is 250 g/mol. The first-order valence-electron chi connectivity index (χ1n) is 3.71. The van der Waals surface area contributed by atoms with Crippen molar-refractivity contribution in [1.29, 1.82) is 0 Å². The number of halogens is 2. The summed E-state index contributed by atoms with van der Waals surface area (Å²) >= 11 is 9.53. The molecule has 0 atom stereocenters. The number of aromatic carboxylic acids is 2.